The number of benzene rings is 3. The molecule has 2 amide bonds. The minimum absolute atomic E-state index is 0.0511. The van der Waals surface area contributed by atoms with Gasteiger partial charge in [-0.05, 0) is 48.0 Å². The predicted molar refractivity (Wildman–Crippen MR) is 101 cm³/mol. The number of rotatable bonds is 5. The molecule has 0 saturated carbocycles. The number of hydrogen-bond acceptors (Lipinski definition) is 2. The van der Waals surface area contributed by atoms with Gasteiger partial charge in [-0.15, -0.1) is 0 Å². The number of ether oxygens (including phenoxy) is 1. The Labute approximate surface area is 160 Å². The van der Waals surface area contributed by atoms with Crippen molar-refractivity contribution in [3.05, 3.63) is 90.0 Å². The fourth-order valence-electron chi connectivity index (χ4n) is 2.44. The number of urea groups is 1. The van der Waals surface area contributed by atoms with Gasteiger partial charge in [0.2, 0.25) is 0 Å². The van der Waals surface area contributed by atoms with Crippen LogP contribution in [0.4, 0.5) is 29.3 Å². The second kappa shape index (κ2) is 8.47. The molecule has 28 heavy (non-hydrogen) atoms. The van der Waals surface area contributed by atoms with Crippen molar-refractivity contribution in [2.45, 2.75) is 12.8 Å². The van der Waals surface area contributed by atoms with Crippen molar-refractivity contribution in [2.75, 3.05) is 10.6 Å². The third-order valence-electron chi connectivity index (χ3n) is 3.81. The van der Waals surface area contributed by atoms with Gasteiger partial charge >= 0.3 is 12.2 Å². The summed E-state index contributed by atoms with van der Waals surface area (Å²) in [4.78, 5) is 12.0. The minimum atomic E-state index is -4.47. The van der Waals surface area contributed by atoms with Gasteiger partial charge in [0.25, 0.3) is 0 Å². The molecular formula is C21H17F3N2O2. The molecule has 4 nitrogen and oxygen atoms in total. The zero-order valence-corrected chi connectivity index (χ0v) is 14.7. The SMILES string of the molecule is O=C(Nc1ccc(OCc2ccccc2)cc1)Nc1cccc(C(F)(F)F)c1. The topological polar surface area (TPSA) is 50.4 Å². The Bertz CT molecular complexity index is 926. The third-order valence-corrected chi connectivity index (χ3v) is 3.81. The Morgan fingerprint density at radius 2 is 1.50 bits per heavy atom. The first kappa shape index (κ1) is 19.3. The number of carbonyl (C=O) groups excluding carboxylic acids is 1. The highest BCUT2D eigenvalue weighted by Gasteiger charge is 2.30. The van der Waals surface area contributed by atoms with E-state index in [0.29, 0.717) is 18.0 Å². The van der Waals surface area contributed by atoms with Gasteiger partial charge in [0.1, 0.15) is 12.4 Å². The summed E-state index contributed by atoms with van der Waals surface area (Å²) >= 11 is 0. The van der Waals surface area contributed by atoms with E-state index in [1.54, 1.807) is 24.3 Å². The van der Waals surface area contributed by atoms with Gasteiger partial charge in [0, 0.05) is 11.4 Å². The fourth-order valence-corrected chi connectivity index (χ4v) is 2.44. The predicted octanol–water partition coefficient (Wildman–Crippen LogP) is 5.93. The van der Waals surface area contributed by atoms with E-state index in [2.05, 4.69) is 10.6 Å². The van der Waals surface area contributed by atoms with Crippen molar-refractivity contribution in [1.82, 2.24) is 0 Å². The Morgan fingerprint density at radius 3 is 2.18 bits per heavy atom. The molecule has 0 radical (unpaired) electrons. The van der Waals surface area contributed by atoms with Crippen LogP contribution in [0.15, 0.2) is 78.9 Å². The van der Waals surface area contributed by atoms with E-state index in [9.17, 15) is 18.0 Å². The van der Waals surface area contributed by atoms with Crippen molar-refractivity contribution in [2.24, 2.45) is 0 Å². The van der Waals surface area contributed by atoms with E-state index in [1.165, 1.54) is 12.1 Å². The lowest BCUT2D eigenvalue weighted by atomic mass is 10.2. The molecule has 0 aliphatic carbocycles. The molecule has 0 fully saturated rings. The molecule has 7 heteroatoms. The number of nitrogens with one attached hydrogen (secondary N) is 2. The lowest BCUT2D eigenvalue weighted by Gasteiger charge is -2.11. The summed E-state index contributed by atoms with van der Waals surface area (Å²) in [7, 11) is 0. The number of anilines is 2. The van der Waals surface area contributed by atoms with Crippen molar-refractivity contribution >= 4 is 17.4 Å². The summed E-state index contributed by atoms with van der Waals surface area (Å²) in [6.45, 7) is 0.420. The van der Waals surface area contributed by atoms with E-state index < -0.39 is 17.8 Å². The van der Waals surface area contributed by atoms with Crippen LogP contribution in [-0.2, 0) is 12.8 Å². The standard InChI is InChI=1S/C21H17F3N2O2/c22-21(23,24)16-7-4-8-18(13-16)26-20(27)25-17-9-11-19(12-10-17)28-14-15-5-2-1-3-6-15/h1-13H,14H2,(H2,25,26,27). The normalized spacial score (nSPS) is 11.0. The quantitative estimate of drug-likeness (QED) is 0.571. The smallest absolute Gasteiger partial charge is 0.416 e. The molecule has 3 aromatic rings. The summed E-state index contributed by atoms with van der Waals surface area (Å²) in [6, 6.07) is 20.2. The van der Waals surface area contributed by atoms with Crippen LogP contribution in [0.2, 0.25) is 0 Å². The van der Waals surface area contributed by atoms with E-state index in [0.717, 1.165) is 17.7 Å². The first-order valence-corrected chi connectivity index (χ1v) is 8.42. The highest BCUT2D eigenvalue weighted by Crippen LogP contribution is 2.30. The molecule has 0 aliphatic heterocycles. The molecule has 3 rings (SSSR count). The van der Waals surface area contributed by atoms with Gasteiger partial charge < -0.3 is 15.4 Å². The summed E-state index contributed by atoms with van der Waals surface area (Å²) in [5, 5.41) is 4.95. The molecule has 3 aromatic carbocycles. The second-order valence-electron chi connectivity index (χ2n) is 5.96. The number of halogens is 3. The lowest BCUT2D eigenvalue weighted by Crippen LogP contribution is -2.19. The maximum atomic E-state index is 12.7. The average molecular weight is 386 g/mol. The van der Waals surface area contributed by atoms with Crippen LogP contribution in [0, 0.1) is 0 Å². The summed E-state index contributed by atoms with van der Waals surface area (Å²) < 4.78 is 43.8. The van der Waals surface area contributed by atoms with Crippen LogP contribution in [-0.4, -0.2) is 6.03 Å². The molecule has 0 saturated heterocycles. The van der Waals surface area contributed by atoms with Gasteiger partial charge in [-0.25, -0.2) is 4.79 Å². The summed E-state index contributed by atoms with van der Waals surface area (Å²) in [5.74, 6) is 0.632. The average Bonchev–Trinajstić information content (AvgIpc) is 2.68. The number of carbonyl (C=O) groups is 1. The van der Waals surface area contributed by atoms with Gasteiger partial charge in [-0.1, -0.05) is 36.4 Å². The number of alkyl halides is 3. The van der Waals surface area contributed by atoms with Crippen LogP contribution in [0.25, 0.3) is 0 Å². The van der Waals surface area contributed by atoms with Gasteiger partial charge in [-0.3, -0.25) is 0 Å². The van der Waals surface area contributed by atoms with Gasteiger partial charge in [0.15, 0.2) is 0 Å². The Balaban J connectivity index is 1.54. The molecular weight excluding hydrogens is 369 g/mol. The van der Waals surface area contributed by atoms with Gasteiger partial charge in [0.05, 0.1) is 5.56 Å². The summed E-state index contributed by atoms with van der Waals surface area (Å²) in [6.07, 6.45) is -4.47. The Hall–Kier alpha value is -3.48. The largest absolute Gasteiger partial charge is 0.489 e. The zero-order chi connectivity index (χ0) is 20.0. The number of hydrogen-bond donors (Lipinski definition) is 2. The van der Waals surface area contributed by atoms with E-state index in [4.69, 9.17) is 4.74 Å². The monoisotopic (exact) mass is 386 g/mol. The first-order chi connectivity index (χ1) is 13.4. The maximum Gasteiger partial charge on any atom is 0.416 e. The molecule has 144 valence electrons. The fraction of sp³-hybridized carbons (Fsp3) is 0.0952. The second-order valence-corrected chi connectivity index (χ2v) is 5.96. The maximum absolute atomic E-state index is 12.7. The van der Waals surface area contributed by atoms with Crippen LogP contribution >= 0.6 is 0 Å². The highest BCUT2D eigenvalue weighted by molar-refractivity contribution is 5.99. The minimum Gasteiger partial charge on any atom is -0.489 e. The zero-order valence-electron chi connectivity index (χ0n) is 14.7. The molecule has 0 aromatic heterocycles. The van der Waals surface area contributed by atoms with Crippen molar-refractivity contribution in [3.63, 3.8) is 0 Å². The van der Waals surface area contributed by atoms with Crippen LogP contribution in [0.3, 0.4) is 0 Å². The van der Waals surface area contributed by atoms with Crippen LogP contribution < -0.4 is 15.4 Å². The van der Waals surface area contributed by atoms with Crippen molar-refractivity contribution < 1.29 is 22.7 Å². The van der Waals surface area contributed by atoms with Crippen LogP contribution in [0.1, 0.15) is 11.1 Å². The Kier molecular flexibility index (Phi) is 5.84. The third kappa shape index (κ3) is 5.51. The van der Waals surface area contributed by atoms with E-state index in [1.807, 2.05) is 30.3 Å². The van der Waals surface area contributed by atoms with Crippen molar-refractivity contribution in [1.29, 1.82) is 0 Å². The first-order valence-electron chi connectivity index (χ1n) is 8.42. The van der Waals surface area contributed by atoms with Crippen LogP contribution in [0.5, 0.6) is 5.75 Å². The number of amides is 2. The molecule has 2 N–H and O–H groups in total. The van der Waals surface area contributed by atoms with E-state index in [-0.39, 0.29) is 5.69 Å². The molecule has 0 unspecified atom stereocenters. The molecule has 0 bridgehead atoms. The van der Waals surface area contributed by atoms with Gasteiger partial charge in [-0.2, -0.15) is 13.2 Å². The molecule has 0 aliphatic rings. The molecule has 0 spiro atoms. The summed E-state index contributed by atoms with van der Waals surface area (Å²) in [5.41, 5.74) is 0.738. The highest BCUT2D eigenvalue weighted by atomic mass is 19.4. The van der Waals surface area contributed by atoms with E-state index >= 15 is 0 Å². The molecule has 0 atom stereocenters. The lowest BCUT2D eigenvalue weighted by molar-refractivity contribution is -0.137. The molecule has 0 heterocycles. The van der Waals surface area contributed by atoms with Crippen molar-refractivity contribution in [3.8, 4) is 5.75 Å². The Morgan fingerprint density at radius 1 is 0.821 bits per heavy atom.